The molecule has 0 saturated heterocycles. The van der Waals surface area contributed by atoms with Crippen molar-refractivity contribution in [1.29, 1.82) is 0 Å². The molecule has 0 fully saturated rings. The van der Waals surface area contributed by atoms with Crippen molar-refractivity contribution in [3.63, 3.8) is 0 Å². The third-order valence-electron chi connectivity index (χ3n) is 1.19. The number of rotatable bonds is 2. The van der Waals surface area contributed by atoms with E-state index in [1.165, 1.54) is 0 Å². The van der Waals surface area contributed by atoms with Crippen molar-refractivity contribution in [2.24, 2.45) is 0 Å². The number of halogens is 1. The third-order valence-corrected chi connectivity index (χ3v) is 1.19. The Morgan fingerprint density at radius 2 is 1.80 bits per heavy atom. The lowest BCUT2D eigenvalue weighted by Gasteiger charge is -2.21. The van der Waals surface area contributed by atoms with E-state index < -0.39 is 10.8 Å². The number of hydrogen-bond acceptors (Lipinski definition) is 6. The standard InChI is InChI=1S/C8H17NO2.ClHO3/c1-6(9-5)7(10)11-8(2,3)4;2-1(3)4/h6,9H,1-5H3;2H/t6-;/m0./s1. The van der Waals surface area contributed by atoms with E-state index in [2.05, 4.69) is 5.32 Å². The Morgan fingerprint density at radius 1 is 1.47 bits per heavy atom. The Kier molecular flexibility index (Phi) is 8.89. The maximum atomic E-state index is 11.1. The number of nitrogens with one attached hydrogen (secondary N) is 1. The Balaban J connectivity index is 0. The molecule has 0 heterocycles. The minimum absolute atomic E-state index is 0.208. The lowest BCUT2D eigenvalue weighted by Crippen LogP contribution is -2.37. The summed E-state index contributed by atoms with van der Waals surface area (Å²) in [6.07, 6.45) is 0. The highest BCUT2D eigenvalue weighted by Gasteiger charge is 2.19. The highest BCUT2D eigenvalue weighted by molar-refractivity contribution is 5.75. The van der Waals surface area contributed by atoms with Gasteiger partial charge in [0.1, 0.15) is 11.6 Å². The molecule has 0 aromatic carbocycles. The third kappa shape index (κ3) is 16.3. The highest BCUT2D eigenvalue weighted by Crippen LogP contribution is 2.07. The van der Waals surface area contributed by atoms with E-state index >= 15 is 0 Å². The summed E-state index contributed by atoms with van der Waals surface area (Å²) in [7, 11) is -0.871. The van der Waals surface area contributed by atoms with Gasteiger partial charge >= 0.3 is 5.97 Å². The zero-order chi connectivity index (χ0) is 12.6. The summed E-state index contributed by atoms with van der Waals surface area (Å²) in [5.41, 5.74) is -0.387. The van der Waals surface area contributed by atoms with Gasteiger partial charge in [0.05, 0.1) is 0 Å². The summed E-state index contributed by atoms with van der Waals surface area (Å²) in [5, 5.41) is 2.81. The van der Waals surface area contributed by atoms with Gasteiger partial charge in [0.25, 0.3) is 10.8 Å². The van der Waals surface area contributed by atoms with Crippen LogP contribution in [0.4, 0.5) is 0 Å². The largest absolute Gasteiger partial charge is 0.459 e. The molecule has 0 aliphatic carbocycles. The Morgan fingerprint density at radius 3 is 2.00 bits per heavy atom. The van der Waals surface area contributed by atoms with Gasteiger partial charge in [-0.05, 0) is 34.7 Å². The lowest BCUT2D eigenvalue weighted by atomic mass is 10.2. The van der Waals surface area contributed by atoms with E-state index in [1.54, 1.807) is 14.0 Å². The van der Waals surface area contributed by atoms with Gasteiger partial charge in [0.2, 0.25) is 0 Å². The predicted molar refractivity (Wildman–Crippen MR) is 46.6 cm³/mol. The topological polar surface area (TPSA) is 105 Å². The summed E-state index contributed by atoms with van der Waals surface area (Å²) < 4.78 is 29.1. The monoisotopic (exact) mass is 243 g/mol. The van der Waals surface area contributed by atoms with Gasteiger partial charge in [-0.25, -0.2) is 0 Å². The summed E-state index contributed by atoms with van der Waals surface area (Å²) in [6, 6.07) is -0.228. The van der Waals surface area contributed by atoms with Crippen LogP contribution >= 0.6 is 0 Å². The second-order valence-corrected chi connectivity index (χ2v) is 4.15. The van der Waals surface area contributed by atoms with Crippen molar-refractivity contribution < 1.29 is 34.3 Å². The maximum absolute atomic E-state index is 11.1. The fraction of sp³-hybridized carbons (Fsp3) is 0.875. The fourth-order valence-corrected chi connectivity index (χ4v) is 0.508. The van der Waals surface area contributed by atoms with Crippen LogP contribution < -0.4 is 14.6 Å². The minimum Gasteiger partial charge on any atom is -0.459 e. The van der Waals surface area contributed by atoms with E-state index in [0.717, 1.165) is 0 Å². The number of hydrogen-bond donors (Lipinski definition) is 2. The van der Waals surface area contributed by atoms with Crippen LogP contribution in [0.15, 0.2) is 0 Å². The van der Waals surface area contributed by atoms with Crippen molar-refractivity contribution in [2.45, 2.75) is 39.3 Å². The average molecular weight is 244 g/mol. The normalized spacial score (nSPS) is 12.9. The molecule has 15 heavy (non-hydrogen) atoms. The molecular weight excluding hydrogens is 226 g/mol. The minimum atomic E-state index is -2.60. The molecule has 0 amide bonds. The van der Waals surface area contributed by atoms with Crippen LogP contribution in [-0.4, -0.2) is 29.3 Å². The number of likely N-dealkylation sites (N-methyl/N-ethyl adjacent to an activating group) is 1. The first-order chi connectivity index (χ1) is 6.60. The van der Waals surface area contributed by atoms with Crippen LogP contribution in [0, 0.1) is 10.8 Å². The summed E-state index contributed by atoms with van der Waals surface area (Å²) in [6.45, 7) is 7.34. The van der Waals surface area contributed by atoms with E-state index in [1.807, 2.05) is 20.8 Å². The molecule has 0 aliphatic heterocycles. The van der Waals surface area contributed by atoms with Crippen LogP contribution in [0.25, 0.3) is 0 Å². The van der Waals surface area contributed by atoms with Gasteiger partial charge in [-0.2, -0.15) is 0 Å². The average Bonchev–Trinajstić information content (AvgIpc) is 1.98. The molecule has 0 rings (SSSR count). The second kappa shape index (κ2) is 7.84. The molecule has 92 valence electrons. The number of ether oxygens (including phenoxy) is 1. The van der Waals surface area contributed by atoms with Crippen molar-refractivity contribution in [2.75, 3.05) is 7.05 Å². The predicted octanol–water partition coefficient (Wildman–Crippen LogP) is -2.00. The highest BCUT2D eigenvalue weighted by atomic mass is 35.6. The van der Waals surface area contributed by atoms with Gasteiger partial charge < -0.3 is 19.4 Å². The van der Waals surface area contributed by atoms with Crippen molar-refractivity contribution in [3.8, 4) is 0 Å². The molecule has 0 saturated carbocycles. The molecule has 1 atom stereocenters. The van der Waals surface area contributed by atoms with Crippen molar-refractivity contribution >= 4 is 5.97 Å². The zero-order valence-electron chi connectivity index (χ0n) is 9.54. The molecule has 6 nitrogen and oxygen atoms in total. The first-order valence-electron chi connectivity index (χ1n) is 4.24. The second-order valence-electron chi connectivity index (χ2n) is 3.74. The zero-order valence-corrected chi connectivity index (χ0v) is 10.3. The Hall–Kier alpha value is -0.400. The van der Waals surface area contributed by atoms with Crippen LogP contribution in [0.2, 0.25) is 0 Å². The first kappa shape index (κ1) is 17.0. The van der Waals surface area contributed by atoms with Gasteiger partial charge in [0, 0.05) is 4.66 Å². The SMILES string of the molecule is CN[C@@H](C)C(=O)OC(C)(C)C.[O-][Cl+2]([O-])O. The van der Waals surface area contributed by atoms with Crippen molar-refractivity contribution in [1.82, 2.24) is 5.32 Å². The molecule has 0 radical (unpaired) electrons. The summed E-state index contributed by atoms with van der Waals surface area (Å²) in [5.74, 6) is -0.208. The van der Waals surface area contributed by atoms with Gasteiger partial charge in [-0.15, -0.1) is 0 Å². The number of carbonyl (C=O) groups excluding carboxylic acids is 1. The van der Waals surface area contributed by atoms with Gasteiger partial charge in [-0.3, -0.25) is 4.79 Å². The summed E-state index contributed by atoms with van der Waals surface area (Å²) >= 11 is 0. The molecule has 0 bridgehead atoms. The van der Waals surface area contributed by atoms with Crippen LogP contribution in [-0.2, 0) is 9.53 Å². The molecule has 0 aromatic rings. The molecule has 7 heteroatoms. The van der Waals surface area contributed by atoms with E-state index in [4.69, 9.17) is 18.7 Å². The van der Waals surface area contributed by atoms with E-state index in [9.17, 15) is 4.79 Å². The van der Waals surface area contributed by atoms with E-state index in [0.29, 0.717) is 0 Å². The smallest absolute Gasteiger partial charge is 0.323 e. The lowest BCUT2D eigenvalue weighted by molar-refractivity contribution is -1.63. The number of esters is 1. The molecule has 0 unspecified atom stereocenters. The van der Waals surface area contributed by atoms with Crippen LogP contribution in [0.5, 0.6) is 0 Å². The van der Waals surface area contributed by atoms with Crippen molar-refractivity contribution in [3.05, 3.63) is 0 Å². The molecule has 2 N–H and O–H groups in total. The Bertz CT molecular complexity index is 178. The summed E-state index contributed by atoms with van der Waals surface area (Å²) in [4.78, 5) is 11.1. The quantitative estimate of drug-likeness (QED) is 0.544. The molecule has 0 aromatic heterocycles. The maximum Gasteiger partial charge on any atom is 0.323 e. The van der Waals surface area contributed by atoms with Crippen LogP contribution in [0.3, 0.4) is 0 Å². The fourth-order valence-electron chi connectivity index (χ4n) is 0.508. The van der Waals surface area contributed by atoms with Crippen LogP contribution in [0.1, 0.15) is 27.7 Å². The number of carbonyl (C=O) groups is 1. The van der Waals surface area contributed by atoms with Gasteiger partial charge in [0.15, 0.2) is 0 Å². The first-order valence-corrected chi connectivity index (χ1v) is 5.20. The van der Waals surface area contributed by atoms with E-state index in [-0.39, 0.29) is 17.6 Å². The Labute approximate surface area is 92.6 Å². The molecule has 0 spiro atoms. The van der Waals surface area contributed by atoms with Gasteiger partial charge in [-0.1, -0.05) is 0 Å². The molecule has 0 aliphatic rings. The molecular formula is C8H18ClNO5.